The topological polar surface area (TPSA) is 21.3 Å². The van der Waals surface area contributed by atoms with Crippen molar-refractivity contribution in [2.75, 3.05) is 13.1 Å². The fourth-order valence-corrected chi connectivity index (χ4v) is 3.22. The third-order valence-electron chi connectivity index (χ3n) is 3.76. The number of nitrogens with one attached hydrogen (secondary N) is 1. The average Bonchev–Trinajstić information content (AvgIpc) is 3.00. The molecule has 0 bridgehead atoms. The molecule has 3 rings (SSSR count). The molecule has 0 radical (unpaired) electrons. The second-order valence-electron chi connectivity index (χ2n) is 5.28. The van der Waals surface area contributed by atoms with Crippen molar-refractivity contribution in [3.63, 3.8) is 0 Å². The van der Waals surface area contributed by atoms with Crippen LogP contribution >= 0.6 is 23.2 Å². The van der Waals surface area contributed by atoms with Crippen molar-refractivity contribution in [2.45, 2.75) is 25.4 Å². The summed E-state index contributed by atoms with van der Waals surface area (Å²) in [4.78, 5) is 0. The number of rotatable bonds is 4. The summed E-state index contributed by atoms with van der Waals surface area (Å²) < 4.78 is 6.18. The molecule has 0 unspecified atom stereocenters. The number of hydrogen-bond donors (Lipinski definition) is 1. The van der Waals surface area contributed by atoms with Crippen molar-refractivity contribution in [3.8, 4) is 5.75 Å². The van der Waals surface area contributed by atoms with Crippen LogP contribution in [0.15, 0.2) is 18.2 Å². The Morgan fingerprint density at radius 1 is 1.06 bits per heavy atom. The largest absolute Gasteiger partial charge is 0.490 e. The molecule has 0 aromatic heterocycles. The van der Waals surface area contributed by atoms with Gasteiger partial charge in [-0.05, 0) is 49.9 Å². The van der Waals surface area contributed by atoms with Gasteiger partial charge in [-0.25, -0.2) is 0 Å². The molecule has 98 valence electrons. The van der Waals surface area contributed by atoms with E-state index in [0.29, 0.717) is 28.0 Å². The molecular weight excluding hydrogens is 269 g/mol. The summed E-state index contributed by atoms with van der Waals surface area (Å²) in [6.45, 7) is 2.17. The van der Waals surface area contributed by atoms with Gasteiger partial charge >= 0.3 is 0 Å². The fraction of sp³-hybridized carbons (Fsp3) is 0.571. The molecule has 18 heavy (non-hydrogen) atoms. The smallest absolute Gasteiger partial charge is 0.122 e. The third-order valence-corrected chi connectivity index (χ3v) is 4.19. The summed E-state index contributed by atoms with van der Waals surface area (Å²) in [6.07, 6.45) is 4.09. The van der Waals surface area contributed by atoms with Crippen LogP contribution < -0.4 is 10.1 Å². The monoisotopic (exact) mass is 285 g/mol. The Balaban J connectivity index is 1.75. The Morgan fingerprint density at radius 2 is 1.78 bits per heavy atom. The van der Waals surface area contributed by atoms with Crippen molar-refractivity contribution in [3.05, 3.63) is 28.2 Å². The van der Waals surface area contributed by atoms with Gasteiger partial charge in [0.25, 0.3) is 0 Å². The Bertz CT molecular complexity index is 408. The lowest BCUT2D eigenvalue weighted by atomic mass is 9.97. The van der Waals surface area contributed by atoms with Gasteiger partial charge in [0, 0.05) is 22.5 Å². The van der Waals surface area contributed by atoms with Crippen LogP contribution in [-0.4, -0.2) is 19.2 Å². The zero-order chi connectivity index (χ0) is 12.5. The minimum absolute atomic E-state index is 0.314. The van der Waals surface area contributed by atoms with E-state index in [4.69, 9.17) is 27.9 Å². The van der Waals surface area contributed by atoms with E-state index in [1.165, 1.54) is 19.3 Å². The summed E-state index contributed by atoms with van der Waals surface area (Å²) in [5, 5.41) is 4.68. The van der Waals surface area contributed by atoms with Crippen molar-refractivity contribution >= 4 is 23.2 Å². The summed E-state index contributed by atoms with van der Waals surface area (Å²) in [7, 11) is 0. The molecule has 2 fully saturated rings. The maximum Gasteiger partial charge on any atom is 0.122 e. The third kappa shape index (κ3) is 2.93. The predicted octanol–water partition coefficient (Wildman–Crippen LogP) is 3.76. The number of halogens is 2. The molecule has 2 nitrogen and oxygen atoms in total. The van der Waals surface area contributed by atoms with E-state index in [9.17, 15) is 0 Å². The van der Waals surface area contributed by atoms with E-state index in [2.05, 4.69) is 5.32 Å². The van der Waals surface area contributed by atoms with Gasteiger partial charge in [0.1, 0.15) is 11.9 Å². The lowest BCUT2D eigenvalue weighted by Gasteiger charge is -2.24. The van der Waals surface area contributed by atoms with Crippen LogP contribution in [0.3, 0.4) is 0 Å². The number of ether oxygens (including phenoxy) is 1. The van der Waals surface area contributed by atoms with Crippen molar-refractivity contribution in [1.82, 2.24) is 5.32 Å². The molecule has 1 heterocycles. The van der Waals surface area contributed by atoms with Crippen molar-refractivity contribution in [2.24, 2.45) is 11.8 Å². The highest BCUT2D eigenvalue weighted by atomic mass is 35.5. The second kappa shape index (κ2) is 5.28. The lowest BCUT2D eigenvalue weighted by Crippen LogP contribution is -2.30. The number of benzene rings is 1. The molecule has 1 aromatic carbocycles. The predicted molar refractivity (Wildman–Crippen MR) is 74.6 cm³/mol. The van der Waals surface area contributed by atoms with E-state index in [1.54, 1.807) is 6.07 Å². The van der Waals surface area contributed by atoms with Gasteiger partial charge in [0.15, 0.2) is 0 Å². The first-order valence-corrected chi connectivity index (χ1v) is 7.31. The van der Waals surface area contributed by atoms with Crippen LogP contribution in [0.2, 0.25) is 10.0 Å². The van der Waals surface area contributed by atoms with Crippen LogP contribution in [0.4, 0.5) is 0 Å². The maximum atomic E-state index is 6.18. The molecule has 1 saturated heterocycles. The van der Waals surface area contributed by atoms with E-state index in [-0.39, 0.29) is 0 Å². The summed E-state index contributed by atoms with van der Waals surface area (Å²) in [5.41, 5.74) is 0. The molecule has 2 atom stereocenters. The standard InChI is InChI=1S/C14H17Cl2NO/c15-11-5-12(16)7-13(6-11)18-14(9-1-2-9)10-3-4-17-8-10/h5-7,9-10,14,17H,1-4,8H2/t10-,14+/m0/s1. The highest BCUT2D eigenvalue weighted by Gasteiger charge is 2.39. The zero-order valence-corrected chi connectivity index (χ0v) is 11.7. The van der Waals surface area contributed by atoms with E-state index < -0.39 is 0 Å². The van der Waals surface area contributed by atoms with Gasteiger partial charge in [0.05, 0.1) is 0 Å². The van der Waals surface area contributed by atoms with Gasteiger partial charge in [-0.3, -0.25) is 0 Å². The molecule has 1 aliphatic heterocycles. The SMILES string of the molecule is Clc1cc(Cl)cc(O[C@H](C2CC2)[C@H]2CCNC2)c1. The summed E-state index contributed by atoms with van der Waals surface area (Å²) in [5.74, 6) is 2.14. The quantitative estimate of drug-likeness (QED) is 0.910. The van der Waals surface area contributed by atoms with Gasteiger partial charge in [-0.1, -0.05) is 23.2 Å². The van der Waals surface area contributed by atoms with E-state index in [1.807, 2.05) is 12.1 Å². The number of hydrogen-bond acceptors (Lipinski definition) is 2. The molecule has 2 aliphatic rings. The molecule has 4 heteroatoms. The normalized spacial score (nSPS) is 25.1. The minimum atomic E-state index is 0.314. The van der Waals surface area contributed by atoms with Gasteiger partial charge in [-0.15, -0.1) is 0 Å². The van der Waals surface area contributed by atoms with Gasteiger partial charge < -0.3 is 10.1 Å². The lowest BCUT2D eigenvalue weighted by molar-refractivity contribution is 0.121. The first kappa shape index (κ1) is 12.6. The first-order valence-electron chi connectivity index (χ1n) is 6.56. The van der Waals surface area contributed by atoms with Crippen LogP contribution in [0, 0.1) is 11.8 Å². The van der Waals surface area contributed by atoms with E-state index >= 15 is 0 Å². The zero-order valence-electron chi connectivity index (χ0n) is 10.2. The molecule has 1 aromatic rings. The molecule has 0 amide bonds. The van der Waals surface area contributed by atoms with Gasteiger partial charge in [0.2, 0.25) is 0 Å². The van der Waals surface area contributed by atoms with Crippen LogP contribution in [0.25, 0.3) is 0 Å². The van der Waals surface area contributed by atoms with Crippen LogP contribution in [0.5, 0.6) is 5.75 Å². The molecule has 0 spiro atoms. The van der Waals surface area contributed by atoms with Crippen molar-refractivity contribution in [1.29, 1.82) is 0 Å². The average molecular weight is 286 g/mol. The molecule has 1 saturated carbocycles. The summed E-state index contributed by atoms with van der Waals surface area (Å²) >= 11 is 12.0. The van der Waals surface area contributed by atoms with Gasteiger partial charge in [-0.2, -0.15) is 0 Å². The molecule has 1 N–H and O–H groups in total. The highest BCUT2D eigenvalue weighted by molar-refractivity contribution is 6.34. The minimum Gasteiger partial charge on any atom is -0.490 e. The maximum absolute atomic E-state index is 6.18. The summed E-state index contributed by atoms with van der Waals surface area (Å²) in [6, 6.07) is 5.44. The molecular formula is C14H17Cl2NO. The Labute approximate surface area is 118 Å². The van der Waals surface area contributed by atoms with Crippen molar-refractivity contribution < 1.29 is 4.74 Å². The fourth-order valence-electron chi connectivity index (χ4n) is 2.71. The Hall–Kier alpha value is -0.440. The van der Waals surface area contributed by atoms with Crippen LogP contribution in [0.1, 0.15) is 19.3 Å². The van der Waals surface area contributed by atoms with E-state index in [0.717, 1.165) is 18.8 Å². The Kier molecular flexibility index (Phi) is 3.69. The highest BCUT2D eigenvalue weighted by Crippen LogP contribution is 2.40. The molecule has 1 aliphatic carbocycles. The van der Waals surface area contributed by atoms with Crippen LogP contribution in [-0.2, 0) is 0 Å². The first-order chi connectivity index (χ1) is 8.72. The second-order valence-corrected chi connectivity index (χ2v) is 6.15. The Morgan fingerprint density at radius 3 is 2.33 bits per heavy atom.